The molecular weight excluding hydrogens is 160 g/mol. The van der Waals surface area contributed by atoms with Crippen molar-refractivity contribution in [3.63, 3.8) is 0 Å². The summed E-state index contributed by atoms with van der Waals surface area (Å²) < 4.78 is 0. The summed E-state index contributed by atoms with van der Waals surface area (Å²) in [7, 11) is 1.00. The van der Waals surface area contributed by atoms with Gasteiger partial charge in [0, 0.05) is 13.5 Å². The molecule has 11 heavy (non-hydrogen) atoms. The molecule has 70 valence electrons. The number of aliphatic hydroxyl groups excluding tert-OH is 1. The Hall–Kier alpha value is 0.250. The summed E-state index contributed by atoms with van der Waals surface area (Å²) in [6.45, 7) is 2.36. The van der Waals surface area contributed by atoms with Crippen molar-refractivity contribution in [3.05, 3.63) is 0 Å². The minimum Gasteiger partial charge on any atom is -0.400 e. The third-order valence-electron chi connectivity index (χ3n) is 1.89. The van der Waals surface area contributed by atoms with Gasteiger partial charge in [0.25, 0.3) is 0 Å². The van der Waals surface area contributed by atoms with E-state index in [9.17, 15) is 0 Å². The molecule has 0 saturated heterocycles. The van der Waals surface area contributed by atoms with Gasteiger partial charge in [-0.15, -0.1) is 11.6 Å². The van der Waals surface area contributed by atoms with Gasteiger partial charge in [-0.3, -0.25) is 0 Å². The molecule has 2 heteroatoms. The third-order valence-corrected chi connectivity index (χ3v) is 1.89. The molecule has 0 aliphatic heterocycles. The van der Waals surface area contributed by atoms with E-state index in [0.717, 1.165) is 13.0 Å². The monoisotopic (exact) mass is 180 g/mol. The fourth-order valence-corrected chi connectivity index (χ4v) is 1.31. The average molecular weight is 181 g/mol. The van der Waals surface area contributed by atoms with E-state index >= 15 is 0 Å². The van der Waals surface area contributed by atoms with Crippen molar-refractivity contribution in [1.82, 2.24) is 0 Å². The van der Waals surface area contributed by atoms with E-state index < -0.39 is 0 Å². The first-order valence-electron chi connectivity index (χ1n) is 4.22. The Kier molecular flexibility index (Phi) is 16.2. The van der Waals surface area contributed by atoms with Gasteiger partial charge < -0.3 is 5.11 Å². The number of hydrogen-bond acceptors (Lipinski definition) is 1. The summed E-state index contributed by atoms with van der Waals surface area (Å²) in [4.78, 5) is 0. The molecule has 0 aromatic rings. The summed E-state index contributed by atoms with van der Waals surface area (Å²) in [5.41, 5.74) is 0. The molecule has 0 aromatic heterocycles. The number of rotatable bonds is 0. The average Bonchev–Trinajstić information content (AvgIpc) is 2.13. The molecule has 0 atom stereocenters. The van der Waals surface area contributed by atoms with Gasteiger partial charge in [0.1, 0.15) is 0 Å². The predicted molar refractivity (Wildman–Crippen MR) is 52.2 cm³/mol. The smallest absolute Gasteiger partial charge is 0.0319 e. The van der Waals surface area contributed by atoms with Crippen LogP contribution in [0.15, 0.2) is 0 Å². The minimum atomic E-state index is 1.00. The summed E-state index contributed by atoms with van der Waals surface area (Å²) in [6, 6.07) is 0. The maximum Gasteiger partial charge on any atom is 0.0319 e. The van der Waals surface area contributed by atoms with Crippen LogP contribution >= 0.6 is 11.6 Å². The molecule has 1 nitrogen and oxygen atoms in total. The molecule has 0 aromatic carbocycles. The van der Waals surface area contributed by atoms with Crippen molar-refractivity contribution in [1.29, 1.82) is 0 Å². The summed E-state index contributed by atoms with van der Waals surface area (Å²) in [6.07, 6.45) is 8.91. The lowest BCUT2D eigenvalue weighted by atomic mass is 9.91. The fourth-order valence-electron chi connectivity index (χ4n) is 1.31. The Labute approximate surface area is 75.8 Å². The first kappa shape index (κ1) is 13.8. The Balaban J connectivity index is 0. The number of hydrogen-bond donors (Lipinski definition) is 1. The van der Waals surface area contributed by atoms with Crippen LogP contribution < -0.4 is 0 Å². The second kappa shape index (κ2) is 12.9. The predicted octanol–water partition coefficient (Wildman–Crippen LogP) is 3.05. The molecule has 0 heterocycles. The van der Waals surface area contributed by atoms with Gasteiger partial charge in [-0.25, -0.2) is 0 Å². The quantitative estimate of drug-likeness (QED) is 0.569. The van der Waals surface area contributed by atoms with Crippen LogP contribution in [0.25, 0.3) is 0 Å². The zero-order chi connectivity index (χ0) is 9.11. The summed E-state index contributed by atoms with van der Waals surface area (Å²) in [5.74, 6) is 1.04. The van der Waals surface area contributed by atoms with Crippen LogP contribution in [0.2, 0.25) is 0 Å². The standard InChI is InChI=1S/C7H14.CH3Cl.CH4O/c1-7-5-3-2-4-6-7;2*1-2/h7H,2-6H2,1H3;1H3;2H,1H3. The third kappa shape index (κ3) is 10.2. The van der Waals surface area contributed by atoms with Crippen LogP contribution in [0, 0.1) is 5.92 Å². The van der Waals surface area contributed by atoms with E-state index in [0.29, 0.717) is 0 Å². The molecule has 1 aliphatic carbocycles. The molecule has 0 bridgehead atoms. The Morgan fingerprint density at radius 1 is 1.00 bits per heavy atom. The van der Waals surface area contributed by atoms with Gasteiger partial charge in [-0.1, -0.05) is 39.0 Å². The zero-order valence-corrected chi connectivity index (χ0v) is 8.69. The largest absolute Gasteiger partial charge is 0.400 e. The van der Waals surface area contributed by atoms with Crippen molar-refractivity contribution < 1.29 is 5.11 Å². The Morgan fingerprint density at radius 3 is 1.55 bits per heavy atom. The van der Waals surface area contributed by atoms with E-state index in [1.165, 1.54) is 38.5 Å². The summed E-state index contributed by atoms with van der Waals surface area (Å²) in [5, 5.41) is 7.00. The van der Waals surface area contributed by atoms with Crippen LogP contribution in [-0.2, 0) is 0 Å². The summed E-state index contributed by atoms with van der Waals surface area (Å²) >= 11 is 4.64. The lowest BCUT2D eigenvalue weighted by molar-refractivity contribution is 0.385. The molecule has 1 aliphatic rings. The van der Waals surface area contributed by atoms with Crippen molar-refractivity contribution in [2.75, 3.05) is 13.5 Å². The molecule has 0 unspecified atom stereocenters. The molecule has 1 saturated carbocycles. The van der Waals surface area contributed by atoms with Crippen molar-refractivity contribution in [2.24, 2.45) is 5.92 Å². The van der Waals surface area contributed by atoms with Crippen LogP contribution in [0.5, 0.6) is 0 Å². The van der Waals surface area contributed by atoms with Crippen molar-refractivity contribution in [3.8, 4) is 0 Å². The van der Waals surface area contributed by atoms with Gasteiger partial charge in [0.05, 0.1) is 0 Å². The number of alkyl halides is 1. The number of aliphatic hydroxyl groups is 1. The molecule has 1 N–H and O–H groups in total. The minimum absolute atomic E-state index is 1.00. The van der Waals surface area contributed by atoms with Crippen molar-refractivity contribution >= 4 is 11.6 Å². The maximum absolute atomic E-state index is 7.00. The Bertz CT molecular complexity index is 51.5. The lowest BCUT2D eigenvalue weighted by Crippen LogP contribution is -1.99. The molecule has 0 spiro atoms. The fraction of sp³-hybridized carbons (Fsp3) is 1.00. The number of halogens is 1. The van der Waals surface area contributed by atoms with Gasteiger partial charge in [0.2, 0.25) is 0 Å². The Morgan fingerprint density at radius 2 is 1.36 bits per heavy atom. The topological polar surface area (TPSA) is 20.2 Å². The molecule has 0 radical (unpaired) electrons. The van der Waals surface area contributed by atoms with E-state index in [4.69, 9.17) is 5.11 Å². The first-order chi connectivity index (χ1) is 5.39. The van der Waals surface area contributed by atoms with Crippen LogP contribution in [0.4, 0.5) is 0 Å². The van der Waals surface area contributed by atoms with Crippen LogP contribution in [0.3, 0.4) is 0 Å². The van der Waals surface area contributed by atoms with E-state index in [1.807, 2.05) is 0 Å². The molecule has 1 fully saturated rings. The van der Waals surface area contributed by atoms with Crippen LogP contribution in [-0.4, -0.2) is 18.6 Å². The van der Waals surface area contributed by atoms with Gasteiger partial charge in [0.15, 0.2) is 0 Å². The van der Waals surface area contributed by atoms with Gasteiger partial charge >= 0.3 is 0 Å². The SMILES string of the molecule is CC1CCCCC1.CCl.CO. The highest BCUT2D eigenvalue weighted by Crippen LogP contribution is 2.21. The highest BCUT2D eigenvalue weighted by molar-refractivity contribution is 6.15. The normalized spacial score (nSPS) is 17.2. The van der Waals surface area contributed by atoms with Gasteiger partial charge in [-0.05, 0) is 5.92 Å². The van der Waals surface area contributed by atoms with Crippen LogP contribution in [0.1, 0.15) is 39.0 Å². The first-order valence-corrected chi connectivity index (χ1v) is 4.97. The van der Waals surface area contributed by atoms with Crippen molar-refractivity contribution in [2.45, 2.75) is 39.0 Å². The zero-order valence-electron chi connectivity index (χ0n) is 7.94. The van der Waals surface area contributed by atoms with E-state index in [-0.39, 0.29) is 0 Å². The van der Waals surface area contributed by atoms with E-state index in [2.05, 4.69) is 18.5 Å². The lowest BCUT2D eigenvalue weighted by Gasteiger charge is -2.15. The second-order valence-corrected chi connectivity index (χ2v) is 2.74. The molecule has 1 rings (SSSR count). The highest BCUT2D eigenvalue weighted by Gasteiger charge is 2.05. The van der Waals surface area contributed by atoms with Gasteiger partial charge in [-0.2, -0.15) is 0 Å². The molecule has 0 amide bonds. The second-order valence-electron chi connectivity index (χ2n) is 2.74. The maximum atomic E-state index is 7.00. The highest BCUT2D eigenvalue weighted by atomic mass is 35.5. The molecular formula is C9H21ClO. The van der Waals surface area contributed by atoms with E-state index in [1.54, 1.807) is 0 Å².